The Labute approximate surface area is 93.8 Å². The number of alkyl halides is 1. The Balaban J connectivity index is 2.96. The average Bonchev–Trinajstić information content (AvgIpc) is 2.26. The maximum absolute atomic E-state index is 12.2. The lowest BCUT2D eigenvalue weighted by atomic mass is 10.0. The molecule has 90 valence electrons. The number of hydrogen-bond donors (Lipinski definition) is 2. The number of rotatable bonds is 4. The van der Waals surface area contributed by atoms with Crippen LogP contribution in [0.5, 0.6) is 0 Å². The Bertz CT molecular complexity index is 444. The van der Waals surface area contributed by atoms with Crippen LogP contribution in [-0.4, -0.2) is 32.5 Å². The fourth-order valence-electron chi connectivity index (χ4n) is 1.24. The number of sulfone groups is 1. The summed E-state index contributed by atoms with van der Waals surface area (Å²) in [5.74, 6) is 0. The van der Waals surface area contributed by atoms with Gasteiger partial charge < -0.3 is 10.8 Å². The van der Waals surface area contributed by atoms with Crippen molar-refractivity contribution in [3.63, 3.8) is 0 Å². The molecule has 0 aromatic heterocycles. The number of nitrogens with two attached hydrogens (primary N) is 1. The predicted octanol–water partition coefficient (Wildman–Crippen LogP) is 0.420. The van der Waals surface area contributed by atoms with Gasteiger partial charge in [-0.05, 0) is 17.7 Å². The highest BCUT2D eigenvalue weighted by atomic mass is 32.2. The summed E-state index contributed by atoms with van der Waals surface area (Å²) in [6.07, 6.45) is -0.0373. The highest BCUT2D eigenvalue weighted by Crippen LogP contribution is 2.18. The van der Waals surface area contributed by atoms with Gasteiger partial charge in [0.15, 0.2) is 9.84 Å². The number of aliphatic hydroxyl groups is 1. The third-order valence-electron chi connectivity index (χ3n) is 2.23. The quantitative estimate of drug-likeness (QED) is 0.808. The second kappa shape index (κ2) is 4.90. The summed E-state index contributed by atoms with van der Waals surface area (Å²) in [7, 11) is -3.26. The van der Waals surface area contributed by atoms with Gasteiger partial charge in [-0.1, -0.05) is 12.1 Å². The van der Waals surface area contributed by atoms with Crippen LogP contribution in [0.2, 0.25) is 0 Å². The summed E-state index contributed by atoms with van der Waals surface area (Å²) in [4.78, 5) is 0.150. The van der Waals surface area contributed by atoms with Gasteiger partial charge in [-0.2, -0.15) is 0 Å². The van der Waals surface area contributed by atoms with Gasteiger partial charge in [0.2, 0.25) is 0 Å². The van der Waals surface area contributed by atoms with E-state index in [-0.39, 0.29) is 4.90 Å². The van der Waals surface area contributed by atoms with Crippen molar-refractivity contribution < 1.29 is 17.9 Å². The first kappa shape index (κ1) is 13.1. The van der Waals surface area contributed by atoms with Crippen LogP contribution in [0, 0.1) is 0 Å². The molecule has 16 heavy (non-hydrogen) atoms. The van der Waals surface area contributed by atoms with Crippen molar-refractivity contribution in [3.8, 4) is 0 Å². The van der Waals surface area contributed by atoms with Crippen molar-refractivity contribution >= 4 is 9.84 Å². The molecule has 1 unspecified atom stereocenters. The van der Waals surface area contributed by atoms with E-state index < -0.39 is 28.7 Å². The smallest absolute Gasteiger partial charge is 0.175 e. The standard InChI is InChI=1S/C10H14FNO3S/c1-16(14,15)8-4-2-7(3-5-8)10(13)9(12)6-11/h2-5,9-10,13H,6,12H2,1H3/t9-,10?/m1/s1. The Morgan fingerprint density at radius 3 is 2.25 bits per heavy atom. The van der Waals surface area contributed by atoms with Gasteiger partial charge in [0, 0.05) is 6.26 Å². The highest BCUT2D eigenvalue weighted by Gasteiger charge is 2.17. The molecule has 0 spiro atoms. The summed E-state index contributed by atoms with van der Waals surface area (Å²) in [5.41, 5.74) is 5.73. The molecule has 1 aromatic carbocycles. The van der Waals surface area contributed by atoms with E-state index in [1.165, 1.54) is 24.3 Å². The summed E-state index contributed by atoms with van der Waals surface area (Å²) in [6.45, 7) is -0.838. The first-order chi connectivity index (χ1) is 7.36. The Morgan fingerprint density at radius 2 is 1.88 bits per heavy atom. The molecule has 6 heteroatoms. The van der Waals surface area contributed by atoms with Crippen LogP contribution in [0.4, 0.5) is 4.39 Å². The van der Waals surface area contributed by atoms with E-state index in [1.54, 1.807) is 0 Å². The van der Waals surface area contributed by atoms with E-state index in [2.05, 4.69) is 0 Å². The van der Waals surface area contributed by atoms with E-state index in [0.29, 0.717) is 5.56 Å². The van der Waals surface area contributed by atoms with E-state index in [9.17, 15) is 17.9 Å². The normalized spacial score (nSPS) is 15.8. The molecule has 3 N–H and O–H groups in total. The minimum atomic E-state index is -3.26. The lowest BCUT2D eigenvalue weighted by Crippen LogP contribution is -2.30. The lowest BCUT2D eigenvalue weighted by molar-refractivity contribution is 0.132. The van der Waals surface area contributed by atoms with Gasteiger partial charge in [0.1, 0.15) is 6.67 Å². The first-order valence-electron chi connectivity index (χ1n) is 4.66. The van der Waals surface area contributed by atoms with Crippen molar-refractivity contribution in [1.29, 1.82) is 0 Å². The van der Waals surface area contributed by atoms with Crippen molar-refractivity contribution in [3.05, 3.63) is 29.8 Å². The zero-order chi connectivity index (χ0) is 12.3. The molecule has 0 aliphatic rings. The van der Waals surface area contributed by atoms with Gasteiger partial charge in [-0.15, -0.1) is 0 Å². The maximum atomic E-state index is 12.2. The Kier molecular flexibility index (Phi) is 4.01. The lowest BCUT2D eigenvalue weighted by Gasteiger charge is -2.16. The number of halogens is 1. The maximum Gasteiger partial charge on any atom is 0.175 e. The van der Waals surface area contributed by atoms with Gasteiger partial charge >= 0.3 is 0 Å². The summed E-state index contributed by atoms with van der Waals surface area (Å²) >= 11 is 0. The molecule has 2 atom stereocenters. The Hall–Kier alpha value is -0.980. The molecule has 1 aromatic rings. The Morgan fingerprint density at radius 1 is 1.38 bits per heavy atom. The monoisotopic (exact) mass is 247 g/mol. The van der Waals surface area contributed by atoms with Crippen LogP contribution in [0.3, 0.4) is 0 Å². The molecule has 1 rings (SSSR count). The number of benzene rings is 1. The van der Waals surface area contributed by atoms with Crippen LogP contribution >= 0.6 is 0 Å². The van der Waals surface area contributed by atoms with Crippen molar-refractivity contribution in [2.45, 2.75) is 17.0 Å². The molecule has 0 aliphatic carbocycles. The minimum absolute atomic E-state index is 0.150. The zero-order valence-corrected chi connectivity index (χ0v) is 9.61. The molecule has 0 heterocycles. The molecule has 0 fully saturated rings. The van der Waals surface area contributed by atoms with Gasteiger partial charge in [0.25, 0.3) is 0 Å². The molecule has 0 aliphatic heterocycles. The third kappa shape index (κ3) is 3.01. The predicted molar refractivity (Wildman–Crippen MR) is 58.5 cm³/mol. The van der Waals surface area contributed by atoms with Crippen molar-refractivity contribution in [2.24, 2.45) is 5.73 Å². The number of aliphatic hydroxyl groups excluding tert-OH is 1. The van der Waals surface area contributed by atoms with Gasteiger partial charge in [-0.25, -0.2) is 12.8 Å². The molecule has 0 amide bonds. The SMILES string of the molecule is CS(=O)(=O)c1ccc(C(O)[C@H](N)CF)cc1. The molecule has 0 saturated carbocycles. The molecular formula is C10H14FNO3S. The largest absolute Gasteiger partial charge is 0.387 e. The minimum Gasteiger partial charge on any atom is -0.387 e. The second-order valence-corrected chi connectivity index (χ2v) is 5.62. The van der Waals surface area contributed by atoms with Crippen LogP contribution in [0.25, 0.3) is 0 Å². The van der Waals surface area contributed by atoms with Crippen LogP contribution < -0.4 is 5.73 Å². The van der Waals surface area contributed by atoms with Crippen LogP contribution in [0.15, 0.2) is 29.2 Å². The fourth-order valence-corrected chi connectivity index (χ4v) is 1.87. The topological polar surface area (TPSA) is 80.4 Å². The summed E-state index contributed by atoms with van der Waals surface area (Å²) in [5, 5.41) is 9.57. The van der Waals surface area contributed by atoms with Crippen LogP contribution in [-0.2, 0) is 9.84 Å². The van der Waals surface area contributed by atoms with Crippen LogP contribution in [0.1, 0.15) is 11.7 Å². The van der Waals surface area contributed by atoms with E-state index in [4.69, 9.17) is 5.73 Å². The molecule has 0 radical (unpaired) electrons. The van der Waals surface area contributed by atoms with Crippen molar-refractivity contribution in [2.75, 3.05) is 12.9 Å². The molecule has 0 saturated heterocycles. The fraction of sp³-hybridized carbons (Fsp3) is 0.400. The first-order valence-corrected chi connectivity index (χ1v) is 6.55. The summed E-state index contributed by atoms with van der Waals surface area (Å²) in [6, 6.07) is 4.58. The zero-order valence-electron chi connectivity index (χ0n) is 8.80. The van der Waals surface area contributed by atoms with E-state index in [0.717, 1.165) is 6.26 Å². The van der Waals surface area contributed by atoms with E-state index >= 15 is 0 Å². The molecule has 4 nitrogen and oxygen atoms in total. The highest BCUT2D eigenvalue weighted by molar-refractivity contribution is 7.90. The molecule has 0 bridgehead atoms. The number of hydrogen-bond acceptors (Lipinski definition) is 4. The molecular weight excluding hydrogens is 233 g/mol. The second-order valence-electron chi connectivity index (χ2n) is 3.60. The van der Waals surface area contributed by atoms with Crippen molar-refractivity contribution in [1.82, 2.24) is 0 Å². The van der Waals surface area contributed by atoms with Gasteiger partial charge in [-0.3, -0.25) is 0 Å². The third-order valence-corrected chi connectivity index (χ3v) is 3.36. The average molecular weight is 247 g/mol. The van der Waals surface area contributed by atoms with Gasteiger partial charge in [0.05, 0.1) is 17.0 Å². The summed E-state index contributed by atoms with van der Waals surface area (Å²) < 4.78 is 34.5. The van der Waals surface area contributed by atoms with E-state index in [1.807, 2.05) is 0 Å².